The van der Waals surface area contributed by atoms with Crippen molar-refractivity contribution in [1.82, 2.24) is 9.97 Å². The molecule has 2 aromatic rings. The Morgan fingerprint density at radius 1 is 1.00 bits per heavy atom. The van der Waals surface area contributed by atoms with E-state index in [9.17, 15) is 0 Å². The topological polar surface area (TPSA) is 51.8 Å². The van der Waals surface area contributed by atoms with E-state index in [1.807, 2.05) is 19.9 Å². The summed E-state index contributed by atoms with van der Waals surface area (Å²) in [4.78, 5) is 8.37. The zero-order valence-electron chi connectivity index (χ0n) is 12.1. The number of nitrogens with zero attached hydrogens (tertiary/aromatic N) is 2. The van der Waals surface area contributed by atoms with Crippen molar-refractivity contribution >= 4 is 0 Å². The standard InChI is InChI=1S/C14H17N3.C2H6/c1-2-11-4-3-5-12(6-11)7-13-8-14(9-15)17-10-16-13;1-2/h3-6,8,10H,2,7,9,15H2,1H3;1-2H3. The molecule has 1 heterocycles. The van der Waals surface area contributed by atoms with Crippen molar-refractivity contribution in [2.75, 3.05) is 0 Å². The Labute approximate surface area is 115 Å². The van der Waals surface area contributed by atoms with Gasteiger partial charge < -0.3 is 5.73 Å². The number of rotatable bonds is 4. The average molecular weight is 257 g/mol. The smallest absolute Gasteiger partial charge is 0.115 e. The summed E-state index contributed by atoms with van der Waals surface area (Å²) >= 11 is 0. The maximum absolute atomic E-state index is 5.57. The molecule has 0 unspecified atom stereocenters. The van der Waals surface area contributed by atoms with Crippen molar-refractivity contribution < 1.29 is 0 Å². The average Bonchev–Trinajstić information content (AvgIpc) is 2.49. The summed E-state index contributed by atoms with van der Waals surface area (Å²) < 4.78 is 0. The molecule has 0 saturated carbocycles. The third-order valence-corrected chi connectivity index (χ3v) is 2.77. The highest BCUT2D eigenvalue weighted by molar-refractivity contribution is 5.27. The Hall–Kier alpha value is -1.74. The summed E-state index contributed by atoms with van der Waals surface area (Å²) in [6, 6.07) is 10.6. The molecule has 1 aromatic heterocycles. The molecule has 2 rings (SSSR count). The highest BCUT2D eigenvalue weighted by atomic mass is 14.8. The summed E-state index contributed by atoms with van der Waals surface area (Å²) in [7, 11) is 0. The SMILES string of the molecule is CC.CCc1cccc(Cc2cc(CN)ncn2)c1. The minimum atomic E-state index is 0.463. The van der Waals surface area contributed by atoms with Gasteiger partial charge in [0.2, 0.25) is 0 Å². The number of aromatic nitrogens is 2. The molecule has 3 heteroatoms. The van der Waals surface area contributed by atoms with Crippen molar-refractivity contribution in [2.24, 2.45) is 5.73 Å². The monoisotopic (exact) mass is 257 g/mol. The summed E-state index contributed by atoms with van der Waals surface area (Å²) in [5.74, 6) is 0. The van der Waals surface area contributed by atoms with E-state index in [0.29, 0.717) is 6.54 Å². The summed E-state index contributed by atoms with van der Waals surface area (Å²) in [6.07, 6.45) is 3.48. The Kier molecular flexibility index (Phi) is 6.75. The zero-order valence-corrected chi connectivity index (χ0v) is 12.1. The van der Waals surface area contributed by atoms with Crippen molar-refractivity contribution in [1.29, 1.82) is 0 Å². The molecule has 0 aliphatic carbocycles. The van der Waals surface area contributed by atoms with Crippen LogP contribution < -0.4 is 5.73 Å². The van der Waals surface area contributed by atoms with Gasteiger partial charge in [0.1, 0.15) is 6.33 Å². The van der Waals surface area contributed by atoms with E-state index in [1.54, 1.807) is 6.33 Å². The molecule has 0 saturated heterocycles. The lowest BCUT2D eigenvalue weighted by Crippen LogP contribution is -2.02. The van der Waals surface area contributed by atoms with Crippen molar-refractivity contribution in [3.05, 3.63) is 59.2 Å². The van der Waals surface area contributed by atoms with Gasteiger partial charge in [-0.3, -0.25) is 0 Å². The van der Waals surface area contributed by atoms with Crippen LogP contribution in [-0.4, -0.2) is 9.97 Å². The minimum absolute atomic E-state index is 0.463. The van der Waals surface area contributed by atoms with Gasteiger partial charge >= 0.3 is 0 Å². The highest BCUT2D eigenvalue weighted by Gasteiger charge is 2.00. The van der Waals surface area contributed by atoms with Gasteiger partial charge in [0, 0.05) is 18.7 Å². The maximum atomic E-state index is 5.57. The van der Waals surface area contributed by atoms with E-state index in [1.165, 1.54) is 11.1 Å². The zero-order chi connectivity index (χ0) is 14.1. The van der Waals surface area contributed by atoms with Gasteiger partial charge in [-0.1, -0.05) is 45.0 Å². The van der Waals surface area contributed by atoms with E-state index in [2.05, 4.69) is 41.2 Å². The van der Waals surface area contributed by atoms with Gasteiger partial charge in [0.15, 0.2) is 0 Å². The normalized spacial score (nSPS) is 9.68. The fraction of sp³-hybridized carbons (Fsp3) is 0.375. The van der Waals surface area contributed by atoms with Gasteiger partial charge in [-0.2, -0.15) is 0 Å². The van der Waals surface area contributed by atoms with E-state index < -0.39 is 0 Å². The van der Waals surface area contributed by atoms with Crippen LogP contribution in [0.2, 0.25) is 0 Å². The van der Waals surface area contributed by atoms with Crippen LogP contribution in [-0.2, 0) is 19.4 Å². The van der Waals surface area contributed by atoms with Crippen LogP contribution in [0.25, 0.3) is 0 Å². The molecule has 0 radical (unpaired) electrons. The van der Waals surface area contributed by atoms with Crippen LogP contribution in [0.15, 0.2) is 36.7 Å². The van der Waals surface area contributed by atoms with Crippen molar-refractivity contribution in [3.8, 4) is 0 Å². The number of nitrogens with two attached hydrogens (primary N) is 1. The van der Waals surface area contributed by atoms with Crippen molar-refractivity contribution in [2.45, 2.75) is 40.2 Å². The van der Waals surface area contributed by atoms with Gasteiger partial charge in [-0.05, 0) is 23.6 Å². The highest BCUT2D eigenvalue weighted by Crippen LogP contribution is 2.10. The van der Waals surface area contributed by atoms with E-state index in [0.717, 1.165) is 24.2 Å². The Morgan fingerprint density at radius 3 is 2.37 bits per heavy atom. The van der Waals surface area contributed by atoms with Gasteiger partial charge in [0.05, 0.1) is 5.69 Å². The molecule has 0 aliphatic rings. The fourth-order valence-electron chi connectivity index (χ4n) is 1.82. The minimum Gasteiger partial charge on any atom is -0.325 e. The molecule has 2 N–H and O–H groups in total. The lowest BCUT2D eigenvalue weighted by atomic mass is 10.0. The molecule has 1 aromatic carbocycles. The van der Waals surface area contributed by atoms with Crippen molar-refractivity contribution in [3.63, 3.8) is 0 Å². The lowest BCUT2D eigenvalue weighted by Gasteiger charge is -2.04. The molecule has 0 atom stereocenters. The fourth-order valence-corrected chi connectivity index (χ4v) is 1.82. The first-order chi connectivity index (χ1) is 9.31. The predicted octanol–water partition coefficient (Wildman–Crippen LogP) is 3.11. The second-order valence-corrected chi connectivity index (χ2v) is 4.06. The Morgan fingerprint density at radius 2 is 1.68 bits per heavy atom. The summed E-state index contributed by atoms with van der Waals surface area (Å²) in [6.45, 7) is 6.63. The second-order valence-electron chi connectivity index (χ2n) is 4.06. The first kappa shape index (κ1) is 15.3. The largest absolute Gasteiger partial charge is 0.325 e. The van der Waals surface area contributed by atoms with Crippen LogP contribution in [0.3, 0.4) is 0 Å². The Balaban J connectivity index is 0.000000861. The second kappa shape index (κ2) is 8.38. The molecule has 0 bridgehead atoms. The maximum Gasteiger partial charge on any atom is 0.115 e. The molecular formula is C16H23N3. The molecule has 0 aliphatic heterocycles. The van der Waals surface area contributed by atoms with Crippen LogP contribution in [0, 0.1) is 0 Å². The van der Waals surface area contributed by atoms with Gasteiger partial charge in [0.25, 0.3) is 0 Å². The quantitative estimate of drug-likeness (QED) is 0.915. The first-order valence-electron chi connectivity index (χ1n) is 6.89. The number of hydrogen-bond donors (Lipinski definition) is 1. The third-order valence-electron chi connectivity index (χ3n) is 2.77. The number of benzene rings is 1. The molecule has 0 fully saturated rings. The molecular weight excluding hydrogens is 234 g/mol. The molecule has 0 spiro atoms. The van der Waals surface area contributed by atoms with Crippen LogP contribution in [0.4, 0.5) is 0 Å². The van der Waals surface area contributed by atoms with Gasteiger partial charge in [-0.15, -0.1) is 0 Å². The predicted molar refractivity (Wildman–Crippen MR) is 79.9 cm³/mol. The van der Waals surface area contributed by atoms with Crippen LogP contribution >= 0.6 is 0 Å². The first-order valence-corrected chi connectivity index (χ1v) is 6.89. The molecule has 102 valence electrons. The summed E-state index contributed by atoms with van der Waals surface area (Å²) in [5, 5.41) is 0. The summed E-state index contributed by atoms with van der Waals surface area (Å²) in [5.41, 5.74) is 10.1. The lowest BCUT2D eigenvalue weighted by molar-refractivity contribution is 0.927. The Bertz CT molecular complexity index is 449. The molecule has 19 heavy (non-hydrogen) atoms. The van der Waals surface area contributed by atoms with Crippen LogP contribution in [0.5, 0.6) is 0 Å². The van der Waals surface area contributed by atoms with E-state index >= 15 is 0 Å². The number of hydrogen-bond acceptors (Lipinski definition) is 3. The van der Waals surface area contributed by atoms with Crippen LogP contribution in [0.1, 0.15) is 43.3 Å². The molecule has 0 amide bonds. The molecule has 3 nitrogen and oxygen atoms in total. The third kappa shape index (κ3) is 4.79. The van der Waals surface area contributed by atoms with Gasteiger partial charge in [-0.25, -0.2) is 9.97 Å². The van der Waals surface area contributed by atoms with E-state index in [4.69, 9.17) is 5.73 Å². The van der Waals surface area contributed by atoms with E-state index in [-0.39, 0.29) is 0 Å². The number of aryl methyl sites for hydroxylation is 1.